The summed E-state index contributed by atoms with van der Waals surface area (Å²) in [6.07, 6.45) is 2.28. The van der Waals surface area contributed by atoms with Gasteiger partial charge in [-0.05, 0) is 31.0 Å². The topological polar surface area (TPSA) is 64.2 Å². The average molecular weight is 372 g/mol. The zero-order valence-electron chi connectivity index (χ0n) is 16.2. The highest BCUT2D eigenvalue weighted by Gasteiger charge is 2.25. The molecule has 7 heteroatoms. The molecule has 3 rings (SSSR count). The molecule has 1 aromatic carbocycles. The molecular formula is C20H28N4O3. The molecule has 2 aliphatic heterocycles. The first-order valence-corrected chi connectivity index (χ1v) is 9.58. The van der Waals surface area contributed by atoms with Crippen LogP contribution in [0.5, 0.6) is 0 Å². The maximum Gasteiger partial charge on any atom is 0.253 e. The van der Waals surface area contributed by atoms with Gasteiger partial charge >= 0.3 is 0 Å². The summed E-state index contributed by atoms with van der Waals surface area (Å²) >= 11 is 0. The van der Waals surface area contributed by atoms with E-state index in [4.69, 9.17) is 0 Å². The molecular weight excluding hydrogens is 344 g/mol. The van der Waals surface area contributed by atoms with Gasteiger partial charge in [0.15, 0.2) is 0 Å². The van der Waals surface area contributed by atoms with Crippen LogP contribution in [0, 0.1) is 0 Å². The predicted molar refractivity (Wildman–Crippen MR) is 104 cm³/mol. The summed E-state index contributed by atoms with van der Waals surface area (Å²) in [5, 5.41) is 0. The standard InChI is InChI=1S/C20H28N4O3/c1-21(2)19(26)15-22-9-5-10-23(13-12-22)20(27)16-6-3-7-17(14-16)24-11-4-8-18(24)25/h3,6-7,14H,4-5,8-13,15H2,1-2H3. The Labute approximate surface area is 160 Å². The first-order valence-electron chi connectivity index (χ1n) is 9.58. The molecule has 0 spiro atoms. The van der Waals surface area contributed by atoms with E-state index < -0.39 is 0 Å². The first kappa shape index (κ1) is 19.4. The zero-order valence-corrected chi connectivity index (χ0v) is 16.2. The van der Waals surface area contributed by atoms with Crippen LogP contribution < -0.4 is 4.90 Å². The highest BCUT2D eigenvalue weighted by Crippen LogP contribution is 2.23. The quantitative estimate of drug-likeness (QED) is 0.793. The van der Waals surface area contributed by atoms with Gasteiger partial charge in [-0.2, -0.15) is 0 Å². The number of nitrogens with zero attached hydrogens (tertiary/aromatic N) is 4. The third kappa shape index (κ3) is 4.66. The van der Waals surface area contributed by atoms with Crippen molar-refractivity contribution in [2.24, 2.45) is 0 Å². The maximum absolute atomic E-state index is 13.0. The summed E-state index contributed by atoms with van der Waals surface area (Å²) in [6.45, 7) is 3.89. The minimum Gasteiger partial charge on any atom is -0.348 e. The monoisotopic (exact) mass is 372 g/mol. The molecule has 1 aromatic rings. The average Bonchev–Trinajstić information content (AvgIpc) is 2.95. The van der Waals surface area contributed by atoms with E-state index in [2.05, 4.69) is 4.90 Å². The van der Waals surface area contributed by atoms with Crippen LogP contribution in [-0.4, -0.2) is 85.8 Å². The number of likely N-dealkylation sites (N-methyl/N-ethyl adjacent to an activating group) is 1. The fourth-order valence-corrected chi connectivity index (χ4v) is 3.58. The smallest absolute Gasteiger partial charge is 0.253 e. The second kappa shape index (κ2) is 8.52. The van der Waals surface area contributed by atoms with Crippen LogP contribution in [-0.2, 0) is 9.59 Å². The molecule has 0 radical (unpaired) electrons. The van der Waals surface area contributed by atoms with Gasteiger partial charge in [0.05, 0.1) is 6.54 Å². The van der Waals surface area contributed by atoms with Crippen molar-refractivity contribution in [3.63, 3.8) is 0 Å². The molecule has 0 bridgehead atoms. The van der Waals surface area contributed by atoms with E-state index in [9.17, 15) is 14.4 Å². The SMILES string of the molecule is CN(C)C(=O)CN1CCCN(C(=O)c2cccc(N3CCCC3=O)c2)CC1. The lowest BCUT2D eigenvalue weighted by Crippen LogP contribution is -2.39. The lowest BCUT2D eigenvalue weighted by molar-refractivity contribution is -0.129. The van der Waals surface area contributed by atoms with Crippen LogP contribution in [0.25, 0.3) is 0 Å². The number of rotatable bonds is 4. The van der Waals surface area contributed by atoms with E-state index >= 15 is 0 Å². The summed E-state index contributed by atoms with van der Waals surface area (Å²) in [5.41, 5.74) is 1.42. The molecule has 0 N–H and O–H groups in total. The summed E-state index contributed by atoms with van der Waals surface area (Å²) in [5.74, 6) is 0.192. The number of amides is 3. The van der Waals surface area contributed by atoms with Gasteiger partial charge in [-0.1, -0.05) is 6.07 Å². The van der Waals surface area contributed by atoms with Crippen LogP contribution >= 0.6 is 0 Å². The molecule has 2 aliphatic rings. The molecule has 0 aromatic heterocycles. The van der Waals surface area contributed by atoms with Crippen molar-refractivity contribution in [2.45, 2.75) is 19.3 Å². The summed E-state index contributed by atoms with van der Waals surface area (Å²) < 4.78 is 0. The number of carbonyl (C=O) groups is 3. The van der Waals surface area contributed by atoms with Crippen molar-refractivity contribution in [1.82, 2.24) is 14.7 Å². The Hall–Kier alpha value is -2.41. The van der Waals surface area contributed by atoms with Crippen LogP contribution in [0.1, 0.15) is 29.6 Å². The number of anilines is 1. The number of hydrogen-bond acceptors (Lipinski definition) is 4. The van der Waals surface area contributed by atoms with Gasteiger partial charge in [-0.25, -0.2) is 0 Å². The van der Waals surface area contributed by atoms with Crippen molar-refractivity contribution >= 4 is 23.4 Å². The maximum atomic E-state index is 13.0. The van der Waals surface area contributed by atoms with Gasteiger partial charge in [0.2, 0.25) is 11.8 Å². The summed E-state index contributed by atoms with van der Waals surface area (Å²) in [6, 6.07) is 7.36. The molecule has 0 unspecified atom stereocenters. The van der Waals surface area contributed by atoms with E-state index in [-0.39, 0.29) is 17.7 Å². The fraction of sp³-hybridized carbons (Fsp3) is 0.550. The van der Waals surface area contributed by atoms with Gasteiger partial charge in [0.1, 0.15) is 0 Å². The Balaban J connectivity index is 1.64. The minimum atomic E-state index is -0.00992. The zero-order chi connectivity index (χ0) is 19.4. The normalized spacial score (nSPS) is 18.5. The molecule has 146 valence electrons. The fourth-order valence-electron chi connectivity index (χ4n) is 3.58. The second-order valence-electron chi connectivity index (χ2n) is 7.41. The van der Waals surface area contributed by atoms with Crippen LogP contribution in [0.3, 0.4) is 0 Å². The van der Waals surface area contributed by atoms with E-state index in [1.54, 1.807) is 23.9 Å². The Morgan fingerprint density at radius 3 is 2.56 bits per heavy atom. The minimum absolute atomic E-state index is 0.00992. The third-order valence-corrected chi connectivity index (χ3v) is 5.21. The molecule has 2 saturated heterocycles. The largest absolute Gasteiger partial charge is 0.348 e. The Morgan fingerprint density at radius 2 is 1.85 bits per heavy atom. The molecule has 0 atom stereocenters. The lowest BCUT2D eigenvalue weighted by Gasteiger charge is -2.23. The van der Waals surface area contributed by atoms with Crippen molar-refractivity contribution < 1.29 is 14.4 Å². The first-order chi connectivity index (χ1) is 13.0. The molecule has 3 amide bonds. The van der Waals surface area contributed by atoms with Crippen molar-refractivity contribution in [3.8, 4) is 0 Å². The molecule has 7 nitrogen and oxygen atoms in total. The van der Waals surface area contributed by atoms with E-state index in [0.717, 1.165) is 31.6 Å². The number of carbonyl (C=O) groups excluding carboxylic acids is 3. The van der Waals surface area contributed by atoms with Crippen LogP contribution in [0.2, 0.25) is 0 Å². The molecule has 0 saturated carbocycles. The Bertz CT molecular complexity index is 719. The summed E-state index contributed by atoms with van der Waals surface area (Å²) in [7, 11) is 3.52. The summed E-state index contributed by atoms with van der Waals surface area (Å²) in [4.78, 5) is 44.2. The molecule has 2 heterocycles. The van der Waals surface area contributed by atoms with Crippen LogP contribution in [0.4, 0.5) is 5.69 Å². The predicted octanol–water partition coefficient (Wildman–Crippen LogP) is 1.05. The third-order valence-electron chi connectivity index (χ3n) is 5.21. The lowest BCUT2D eigenvalue weighted by atomic mass is 10.1. The second-order valence-corrected chi connectivity index (χ2v) is 7.41. The van der Waals surface area contributed by atoms with Gasteiger partial charge in [-0.3, -0.25) is 19.3 Å². The van der Waals surface area contributed by atoms with Gasteiger partial charge in [0.25, 0.3) is 5.91 Å². The van der Waals surface area contributed by atoms with E-state index in [0.29, 0.717) is 38.2 Å². The van der Waals surface area contributed by atoms with Crippen molar-refractivity contribution in [2.75, 3.05) is 58.3 Å². The highest BCUT2D eigenvalue weighted by molar-refractivity contribution is 5.99. The van der Waals surface area contributed by atoms with E-state index in [1.165, 1.54) is 0 Å². The van der Waals surface area contributed by atoms with Gasteiger partial charge < -0.3 is 14.7 Å². The molecule has 27 heavy (non-hydrogen) atoms. The number of benzene rings is 1. The number of hydrogen-bond donors (Lipinski definition) is 0. The van der Waals surface area contributed by atoms with Crippen molar-refractivity contribution in [1.29, 1.82) is 0 Å². The van der Waals surface area contributed by atoms with Gasteiger partial charge in [0, 0.05) is 64.5 Å². The molecule has 0 aliphatic carbocycles. The molecule has 2 fully saturated rings. The van der Waals surface area contributed by atoms with E-state index in [1.807, 2.05) is 29.2 Å². The van der Waals surface area contributed by atoms with Crippen molar-refractivity contribution in [3.05, 3.63) is 29.8 Å². The van der Waals surface area contributed by atoms with Crippen LogP contribution in [0.15, 0.2) is 24.3 Å². The highest BCUT2D eigenvalue weighted by atomic mass is 16.2. The Kier molecular flexibility index (Phi) is 6.11. The van der Waals surface area contributed by atoms with Gasteiger partial charge in [-0.15, -0.1) is 0 Å². The Morgan fingerprint density at radius 1 is 1.04 bits per heavy atom.